The Balaban J connectivity index is 1.43. The summed E-state index contributed by atoms with van der Waals surface area (Å²) in [6.07, 6.45) is 8.19. The molecule has 0 saturated carbocycles. The van der Waals surface area contributed by atoms with E-state index in [4.69, 9.17) is 4.74 Å². The molecule has 1 fully saturated rings. The van der Waals surface area contributed by atoms with Gasteiger partial charge in [0.15, 0.2) is 0 Å². The van der Waals surface area contributed by atoms with Crippen LogP contribution in [-0.4, -0.2) is 65.9 Å². The number of hydrogen-bond acceptors (Lipinski definition) is 6. The molecule has 39 heavy (non-hydrogen) atoms. The van der Waals surface area contributed by atoms with Crippen LogP contribution in [0, 0.1) is 5.92 Å². The van der Waals surface area contributed by atoms with Crippen LogP contribution < -0.4 is 10.6 Å². The Bertz CT molecular complexity index is 1300. The molecule has 1 aliphatic rings. The average Bonchev–Trinajstić information content (AvgIpc) is 3.67. The number of aliphatic imine (C=N–C) groups is 1. The van der Waals surface area contributed by atoms with Crippen LogP contribution in [0.15, 0.2) is 72.2 Å². The lowest BCUT2D eigenvalue weighted by molar-refractivity contribution is -0.134. The standard InChI is InChI=1S/C30H36N6O3/c1-20(2)28(35-30(38)39-4)29(37)36-15-5-6-25(36)16-32-17-26(31-3)23-11-7-21(8-12-23)22-9-13-24(14-10-22)27-18-33-19-34-27/h7-14,16-20,25,28,31H,5-6,15H2,1-4H3,(H,33,34)(H,35,38)/b26-17-,32-16?. The van der Waals surface area contributed by atoms with Crippen molar-refractivity contribution in [2.45, 2.75) is 38.8 Å². The lowest BCUT2D eigenvalue weighted by atomic mass is 10.0. The van der Waals surface area contributed by atoms with Gasteiger partial charge in [0.25, 0.3) is 0 Å². The minimum Gasteiger partial charge on any atom is -0.453 e. The third kappa shape index (κ3) is 6.73. The van der Waals surface area contributed by atoms with Crippen molar-refractivity contribution >= 4 is 23.9 Å². The number of carbonyl (C=O) groups is 2. The second kappa shape index (κ2) is 12.9. The van der Waals surface area contributed by atoms with Crippen molar-refractivity contribution in [3.63, 3.8) is 0 Å². The topological polar surface area (TPSA) is 112 Å². The van der Waals surface area contributed by atoms with Crippen LogP contribution in [0.25, 0.3) is 28.1 Å². The van der Waals surface area contributed by atoms with Crippen LogP contribution in [0.4, 0.5) is 4.79 Å². The van der Waals surface area contributed by atoms with Crippen molar-refractivity contribution in [3.05, 3.63) is 72.8 Å². The smallest absolute Gasteiger partial charge is 0.407 e. The van der Waals surface area contributed by atoms with E-state index >= 15 is 0 Å². The molecule has 0 bridgehead atoms. The number of nitrogens with zero attached hydrogens (tertiary/aromatic N) is 3. The number of aromatic amines is 1. The first-order valence-corrected chi connectivity index (χ1v) is 13.2. The van der Waals surface area contributed by atoms with Gasteiger partial charge >= 0.3 is 6.09 Å². The second-order valence-electron chi connectivity index (χ2n) is 9.81. The van der Waals surface area contributed by atoms with Crippen LogP contribution in [0.1, 0.15) is 32.3 Å². The van der Waals surface area contributed by atoms with Crippen LogP contribution >= 0.6 is 0 Å². The van der Waals surface area contributed by atoms with Gasteiger partial charge in [0.1, 0.15) is 6.04 Å². The highest BCUT2D eigenvalue weighted by molar-refractivity contribution is 5.89. The number of methoxy groups -OCH3 is 1. The minimum absolute atomic E-state index is 0.0669. The highest BCUT2D eigenvalue weighted by Crippen LogP contribution is 2.25. The number of hydrogen-bond donors (Lipinski definition) is 3. The maximum atomic E-state index is 13.2. The molecule has 3 aromatic rings. The highest BCUT2D eigenvalue weighted by atomic mass is 16.5. The third-order valence-corrected chi connectivity index (χ3v) is 6.93. The Morgan fingerprint density at radius 3 is 2.36 bits per heavy atom. The van der Waals surface area contributed by atoms with E-state index in [0.717, 1.165) is 46.5 Å². The zero-order valence-electron chi connectivity index (χ0n) is 22.8. The van der Waals surface area contributed by atoms with Crippen LogP contribution in [0.3, 0.4) is 0 Å². The summed E-state index contributed by atoms with van der Waals surface area (Å²) in [6, 6.07) is 15.9. The Kier molecular flexibility index (Phi) is 9.14. The molecule has 1 aliphatic heterocycles. The number of likely N-dealkylation sites (tertiary alicyclic amines) is 1. The fourth-order valence-corrected chi connectivity index (χ4v) is 4.70. The number of alkyl carbamates (subject to hydrolysis) is 1. The Hall–Kier alpha value is -4.40. The van der Waals surface area contributed by atoms with Gasteiger partial charge in [0.05, 0.1) is 43.3 Å². The molecule has 0 radical (unpaired) electrons. The third-order valence-electron chi connectivity index (χ3n) is 6.93. The normalized spacial score (nSPS) is 16.5. The van der Waals surface area contributed by atoms with Gasteiger partial charge in [-0.2, -0.15) is 0 Å². The number of rotatable bonds is 9. The molecule has 9 heteroatoms. The quantitative estimate of drug-likeness (QED) is 0.349. The summed E-state index contributed by atoms with van der Waals surface area (Å²) >= 11 is 0. The molecule has 3 N–H and O–H groups in total. The first-order valence-electron chi connectivity index (χ1n) is 13.2. The molecule has 2 atom stereocenters. The number of imidazole rings is 1. The minimum atomic E-state index is -0.643. The molecule has 9 nitrogen and oxygen atoms in total. The van der Waals surface area contributed by atoms with E-state index in [1.54, 1.807) is 17.4 Å². The van der Waals surface area contributed by atoms with Gasteiger partial charge in [0, 0.05) is 19.8 Å². The van der Waals surface area contributed by atoms with Gasteiger partial charge in [0.2, 0.25) is 5.91 Å². The number of benzene rings is 2. The predicted octanol–water partition coefficient (Wildman–Crippen LogP) is 4.70. The molecule has 0 aliphatic carbocycles. The van der Waals surface area contributed by atoms with E-state index in [2.05, 4.69) is 74.1 Å². The summed E-state index contributed by atoms with van der Waals surface area (Å²) in [7, 11) is 3.16. The van der Waals surface area contributed by atoms with E-state index in [1.807, 2.05) is 33.3 Å². The van der Waals surface area contributed by atoms with Gasteiger partial charge in [-0.25, -0.2) is 9.78 Å². The summed E-state index contributed by atoms with van der Waals surface area (Å²) in [5, 5.41) is 5.89. The van der Waals surface area contributed by atoms with Crippen molar-refractivity contribution in [1.82, 2.24) is 25.5 Å². The van der Waals surface area contributed by atoms with Crippen LogP contribution in [0.5, 0.6) is 0 Å². The van der Waals surface area contributed by atoms with Gasteiger partial charge in [-0.1, -0.05) is 62.4 Å². The van der Waals surface area contributed by atoms with Gasteiger partial charge in [-0.15, -0.1) is 0 Å². The summed E-state index contributed by atoms with van der Waals surface area (Å²) in [5.74, 6) is -0.182. The number of H-pyrrole nitrogens is 1. The van der Waals surface area contributed by atoms with Crippen molar-refractivity contribution in [1.29, 1.82) is 0 Å². The van der Waals surface area contributed by atoms with Crippen molar-refractivity contribution in [2.75, 3.05) is 20.7 Å². The van der Waals surface area contributed by atoms with E-state index in [1.165, 1.54) is 7.11 Å². The number of ether oxygens (including phenoxy) is 1. The van der Waals surface area contributed by atoms with Gasteiger partial charge in [-0.05, 0) is 41.0 Å². The molecule has 1 aromatic heterocycles. The molecule has 1 saturated heterocycles. The molecular formula is C30H36N6O3. The lowest BCUT2D eigenvalue weighted by Crippen LogP contribution is -2.52. The second-order valence-corrected chi connectivity index (χ2v) is 9.81. The molecule has 2 unspecified atom stereocenters. The van der Waals surface area contributed by atoms with E-state index < -0.39 is 12.1 Å². The SMILES string of the molecule is CN/C(=C\N=CC1CCCN1C(=O)C(NC(=O)OC)C(C)C)c1ccc(-c2ccc(-c3cnc[nH]3)cc2)cc1. The largest absolute Gasteiger partial charge is 0.453 e. The first-order chi connectivity index (χ1) is 18.9. The van der Waals surface area contributed by atoms with Crippen LogP contribution in [-0.2, 0) is 9.53 Å². The number of nitrogens with one attached hydrogen (secondary N) is 3. The van der Waals surface area contributed by atoms with Crippen LogP contribution in [0.2, 0.25) is 0 Å². The van der Waals surface area contributed by atoms with Crippen molar-refractivity contribution < 1.29 is 14.3 Å². The van der Waals surface area contributed by atoms with E-state index in [-0.39, 0.29) is 17.9 Å². The number of carbonyl (C=O) groups excluding carboxylic acids is 2. The summed E-state index contributed by atoms with van der Waals surface area (Å²) < 4.78 is 4.70. The Morgan fingerprint density at radius 2 is 1.77 bits per heavy atom. The van der Waals surface area contributed by atoms with Gasteiger partial charge in [-0.3, -0.25) is 9.79 Å². The van der Waals surface area contributed by atoms with Crippen molar-refractivity contribution in [3.8, 4) is 22.4 Å². The summed E-state index contributed by atoms with van der Waals surface area (Å²) in [6.45, 7) is 4.44. The van der Waals surface area contributed by atoms with Gasteiger partial charge < -0.3 is 25.3 Å². The Labute approximate surface area is 229 Å². The number of aromatic nitrogens is 2. The monoisotopic (exact) mass is 528 g/mol. The fourth-order valence-electron chi connectivity index (χ4n) is 4.70. The van der Waals surface area contributed by atoms with E-state index in [9.17, 15) is 9.59 Å². The average molecular weight is 529 g/mol. The maximum Gasteiger partial charge on any atom is 0.407 e. The summed E-state index contributed by atoms with van der Waals surface area (Å²) in [5.41, 5.74) is 6.21. The molecular weight excluding hydrogens is 492 g/mol. The van der Waals surface area contributed by atoms with Crippen molar-refractivity contribution in [2.24, 2.45) is 10.9 Å². The summed E-state index contributed by atoms with van der Waals surface area (Å²) in [4.78, 5) is 38.5. The molecule has 4 rings (SSSR count). The number of amides is 2. The molecule has 2 amide bonds. The first kappa shape index (κ1) is 27.6. The lowest BCUT2D eigenvalue weighted by Gasteiger charge is -2.29. The highest BCUT2D eigenvalue weighted by Gasteiger charge is 2.34. The predicted molar refractivity (Wildman–Crippen MR) is 154 cm³/mol. The maximum absolute atomic E-state index is 13.2. The van der Waals surface area contributed by atoms with E-state index in [0.29, 0.717) is 6.54 Å². The zero-order valence-corrected chi connectivity index (χ0v) is 22.8. The molecule has 204 valence electrons. The molecule has 2 aromatic carbocycles. The molecule has 2 heterocycles. The zero-order chi connectivity index (χ0) is 27.8. The fraction of sp³-hybridized carbons (Fsp3) is 0.333. The Morgan fingerprint density at radius 1 is 1.10 bits per heavy atom. The molecule has 0 spiro atoms.